The monoisotopic (exact) mass is 548 g/mol. The molecule has 38 heavy (non-hydrogen) atoms. The summed E-state index contributed by atoms with van der Waals surface area (Å²) in [7, 11) is -2.37. The Balaban J connectivity index is 1.35. The Morgan fingerprint density at radius 3 is 2.47 bits per heavy atom. The lowest BCUT2D eigenvalue weighted by molar-refractivity contribution is -0.150. The highest BCUT2D eigenvalue weighted by molar-refractivity contribution is 7.89. The van der Waals surface area contributed by atoms with Crippen LogP contribution in [0.1, 0.15) is 24.8 Å². The number of methoxy groups -OCH3 is 1. The third-order valence-corrected chi connectivity index (χ3v) is 8.51. The molecule has 206 valence electrons. The van der Waals surface area contributed by atoms with Crippen LogP contribution in [0, 0.1) is 17.7 Å². The number of amides is 1. The maximum atomic E-state index is 13.1. The number of carbonyl (C=O) groups excluding carboxylic acids is 1. The van der Waals surface area contributed by atoms with Crippen molar-refractivity contribution >= 4 is 15.9 Å². The summed E-state index contributed by atoms with van der Waals surface area (Å²) in [6.45, 7) is -0.204. The summed E-state index contributed by atoms with van der Waals surface area (Å²) in [4.78, 5) is 12.9. The van der Waals surface area contributed by atoms with Crippen LogP contribution in [-0.4, -0.2) is 63.4 Å². The zero-order valence-electron chi connectivity index (χ0n) is 21.2. The largest absolute Gasteiger partial charge is 0.497 e. The fourth-order valence-corrected chi connectivity index (χ4v) is 5.73. The molecule has 9 nitrogen and oxygen atoms in total. The maximum Gasteiger partial charge on any atom is 0.286 e. The van der Waals surface area contributed by atoms with E-state index in [2.05, 4.69) is 5.32 Å². The molecule has 0 saturated heterocycles. The molecule has 0 radical (unpaired) electrons. The van der Waals surface area contributed by atoms with Gasteiger partial charge in [0.2, 0.25) is 16.3 Å². The molecule has 2 aromatic carbocycles. The zero-order valence-corrected chi connectivity index (χ0v) is 22.0. The number of sulfonamides is 1. The number of rotatable bonds is 13. The first-order valence-corrected chi connectivity index (χ1v) is 14.0. The van der Waals surface area contributed by atoms with Crippen LogP contribution in [0.3, 0.4) is 0 Å². The Morgan fingerprint density at radius 2 is 1.84 bits per heavy atom. The zero-order chi connectivity index (χ0) is 27.1. The van der Waals surface area contributed by atoms with E-state index in [0.29, 0.717) is 18.1 Å². The lowest BCUT2D eigenvalue weighted by Gasteiger charge is -2.30. The van der Waals surface area contributed by atoms with E-state index in [1.54, 1.807) is 24.3 Å². The number of benzene rings is 2. The van der Waals surface area contributed by atoms with Gasteiger partial charge in [-0.15, -0.1) is 0 Å². The van der Waals surface area contributed by atoms with Crippen LogP contribution in [0.5, 0.6) is 5.75 Å². The number of halogens is 1. The Labute approximate surface area is 222 Å². The molecule has 11 heteroatoms. The summed E-state index contributed by atoms with van der Waals surface area (Å²) in [5.74, 6) is 0.546. The van der Waals surface area contributed by atoms with E-state index in [1.807, 2.05) is 6.08 Å². The normalized spacial score (nSPS) is 19.5. The Morgan fingerprint density at radius 1 is 1.13 bits per heavy atom. The average Bonchev–Trinajstić information content (AvgIpc) is 3.78. The second kappa shape index (κ2) is 12.7. The predicted octanol–water partition coefficient (Wildman–Crippen LogP) is 2.81. The summed E-state index contributed by atoms with van der Waals surface area (Å²) >= 11 is 0. The van der Waals surface area contributed by atoms with Gasteiger partial charge in [0.15, 0.2) is 5.76 Å². The number of hydrogen-bond acceptors (Lipinski definition) is 7. The number of allylic oxidation sites excluding steroid dienone is 1. The van der Waals surface area contributed by atoms with Crippen LogP contribution in [0.25, 0.3) is 0 Å². The van der Waals surface area contributed by atoms with Crippen molar-refractivity contribution in [2.75, 3.05) is 33.4 Å². The van der Waals surface area contributed by atoms with Gasteiger partial charge in [0, 0.05) is 26.1 Å². The smallest absolute Gasteiger partial charge is 0.286 e. The van der Waals surface area contributed by atoms with Crippen molar-refractivity contribution in [1.82, 2.24) is 9.62 Å². The molecule has 1 amide bonds. The Bertz CT molecular complexity index is 1210. The van der Waals surface area contributed by atoms with Gasteiger partial charge in [-0.2, -0.15) is 4.31 Å². The first kappa shape index (κ1) is 28.0. The van der Waals surface area contributed by atoms with Crippen molar-refractivity contribution < 1.29 is 36.9 Å². The van der Waals surface area contributed by atoms with E-state index in [-0.39, 0.29) is 55.2 Å². The summed E-state index contributed by atoms with van der Waals surface area (Å²) in [5, 5.41) is 12.3. The van der Waals surface area contributed by atoms with Gasteiger partial charge < -0.3 is 24.6 Å². The van der Waals surface area contributed by atoms with Gasteiger partial charge in [0.1, 0.15) is 11.6 Å². The summed E-state index contributed by atoms with van der Waals surface area (Å²) in [5.41, 5.74) is 0.754. The van der Waals surface area contributed by atoms with Gasteiger partial charge in [-0.3, -0.25) is 4.79 Å². The molecule has 1 aliphatic heterocycles. The Kier molecular flexibility index (Phi) is 9.37. The number of nitrogens with one attached hydrogen (secondary N) is 1. The fraction of sp³-hybridized carbons (Fsp3) is 0.444. The molecule has 2 N–H and O–H groups in total. The molecule has 1 heterocycles. The minimum absolute atomic E-state index is 0.00130. The van der Waals surface area contributed by atoms with Crippen molar-refractivity contribution in [2.45, 2.75) is 37.0 Å². The number of carbonyl (C=O) groups is 1. The lowest BCUT2D eigenvalue weighted by Crippen LogP contribution is -2.38. The highest BCUT2D eigenvalue weighted by Gasteiger charge is 2.37. The Hall–Kier alpha value is -2.99. The molecule has 0 unspecified atom stereocenters. The number of hydrogen-bond donors (Lipinski definition) is 2. The van der Waals surface area contributed by atoms with Crippen LogP contribution < -0.4 is 10.1 Å². The summed E-state index contributed by atoms with van der Waals surface area (Å²) in [6, 6.07) is 11.9. The summed E-state index contributed by atoms with van der Waals surface area (Å²) in [6.07, 6.45) is 3.83. The van der Waals surface area contributed by atoms with Crippen molar-refractivity contribution in [1.29, 1.82) is 0 Å². The van der Waals surface area contributed by atoms with Crippen molar-refractivity contribution in [3.63, 3.8) is 0 Å². The van der Waals surface area contributed by atoms with E-state index < -0.39 is 22.2 Å². The first-order chi connectivity index (χ1) is 18.3. The summed E-state index contributed by atoms with van der Waals surface area (Å²) < 4.78 is 57.3. The minimum Gasteiger partial charge on any atom is -0.497 e. The van der Waals surface area contributed by atoms with Crippen molar-refractivity contribution in [3.8, 4) is 5.75 Å². The number of aliphatic hydroxyl groups excluding tert-OH is 1. The quantitative estimate of drug-likeness (QED) is 0.396. The standard InChI is InChI=1S/C27H33FN2O7S/c1-35-23-8-10-24(11-9-23)38(33,34)30(12-14-31)13-15-36-26-17-21(20-4-5-20)16-25(37-26)27(32)29-18-19-2-6-22(28)7-3-19/h2-3,6-11,16,20-21,26,31H,4-5,12-15,17-18H2,1H3,(H,29,32)/t21-,26+/m1/s1. The molecule has 0 aromatic heterocycles. The predicted molar refractivity (Wildman–Crippen MR) is 137 cm³/mol. The number of aliphatic hydroxyl groups is 1. The molecule has 1 aliphatic carbocycles. The fourth-order valence-electron chi connectivity index (χ4n) is 4.32. The van der Waals surface area contributed by atoms with E-state index in [9.17, 15) is 22.7 Å². The number of nitrogens with zero attached hydrogens (tertiary/aromatic N) is 1. The third-order valence-electron chi connectivity index (χ3n) is 6.60. The van der Waals surface area contributed by atoms with E-state index in [0.717, 1.165) is 22.7 Å². The average molecular weight is 549 g/mol. The van der Waals surface area contributed by atoms with E-state index >= 15 is 0 Å². The van der Waals surface area contributed by atoms with Crippen LogP contribution in [0.2, 0.25) is 0 Å². The molecular formula is C27H33FN2O7S. The number of ether oxygens (including phenoxy) is 3. The molecule has 1 fully saturated rings. The molecule has 2 aromatic rings. The lowest BCUT2D eigenvalue weighted by atomic mass is 9.96. The van der Waals surface area contributed by atoms with Gasteiger partial charge in [-0.05, 0) is 72.7 Å². The first-order valence-electron chi connectivity index (χ1n) is 12.6. The SMILES string of the molecule is COc1ccc(S(=O)(=O)N(CCO)CCO[C@@H]2C[C@H](C3CC3)C=C(C(=O)NCc3ccc(F)cc3)O2)cc1. The van der Waals surface area contributed by atoms with Crippen LogP contribution in [0.15, 0.2) is 65.3 Å². The molecular weight excluding hydrogens is 515 g/mol. The molecule has 4 rings (SSSR count). The highest BCUT2D eigenvalue weighted by atomic mass is 32.2. The molecule has 2 aliphatic rings. The van der Waals surface area contributed by atoms with Crippen LogP contribution in [-0.2, 0) is 30.8 Å². The van der Waals surface area contributed by atoms with Gasteiger partial charge in [-0.1, -0.05) is 12.1 Å². The van der Waals surface area contributed by atoms with Crippen LogP contribution in [0.4, 0.5) is 4.39 Å². The molecule has 2 atom stereocenters. The van der Waals surface area contributed by atoms with Crippen molar-refractivity contribution in [2.24, 2.45) is 11.8 Å². The highest BCUT2D eigenvalue weighted by Crippen LogP contribution is 2.42. The van der Waals surface area contributed by atoms with Crippen molar-refractivity contribution in [3.05, 3.63) is 71.7 Å². The second-order valence-corrected chi connectivity index (χ2v) is 11.2. The minimum atomic E-state index is -3.87. The van der Waals surface area contributed by atoms with Gasteiger partial charge in [0.25, 0.3) is 5.91 Å². The second-order valence-electron chi connectivity index (χ2n) is 9.30. The molecule has 1 saturated carbocycles. The molecule has 0 spiro atoms. The third kappa shape index (κ3) is 7.31. The topological polar surface area (TPSA) is 114 Å². The van der Waals surface area contributed by atoms with E-state index in [4.69, 9.17) is 14.2 Å². The van der Waals surface area contributed by atoms with Gasteiger partial charge in [-0.25, -0.2) is 12.8 Å². The van der Waals surface area contributed by atoms with E-state index in [1.165, 1.54) is 31.4 Å². The van der Waals surface area contributed by atoms with Gasteiger partial charge in [0.05, 0.1) is 25.2 Å². The molecule has 0 bridgehead atoms. The van der Waals surface area contributed by atoms with Gasteiger partial charge >= 0.3 is 0 Å². The maximum absolute atomic E-state index is 13.1. The van der Waals surface area contributed by atoms with Crippen LogP contribution >= 0.6 is 0 Å².